The van der Waals surface area contributed by atoms with Gasteiger partial charge in [-0.3, -0.25) is 9.69 Å². The van der Waals surface area contributed by atoms with Crippen LogP contribution in [0.15, 0.2) is 12.2 Å². The van der Waals surface area contributed by atoms with Crippen LogP contribution in [0.1, 0.15) is 46.0 Å². The van der Waals surface area contributed by atoms with Gasteiger partial charge in [0.15, 0.2) is 0 Å². The zero-order valence-electron chi connectivity index (χ0n) is 17.2. The zero-order chi connectivity index (χ0) is 20.3. The molecule has 0 aromatic rings. The minimum atomic E-state index is -1.20. The Morgan fingerprint density at radius 2 is 2.03 bits per heavy atom. The number of aliphatic hydroxyl groups is 3. The van der Waals surface area contributed by atoms with Gasteiger partial charge in [0, 0.05) is 47.7 Å². The first-order valence-corrected chi connectivity index (χ1v) is 11.4. The molecule has 0 radical (unpaired) electrons. The van der Waals surface area contributed by atoms with Gasteiger partial charge in [0.25, 0.3) is 0 Å². The number of piperidine rings is 2. The van der Waals surface area contributed by atoms with E-state index in [1.54, 1.807) is 0 Å². The van der Waals surface area contributed by atoms with Gasteiger partial charge in [-0.25, -0.2) is 0 Å². The molecule has 3 saturated heterocycles. The zero-order valence-corrected chi connectivity index (χ0v) is 17.2. The summed E-state index contributed by atoms with van der Waals surface area (Å²) < 4.78 is 5.90. The van der Waals surface area contributed by atoms with Crippen molar-refractivity contribution >= 4 is 5.97 Å². The third kappa shape index (κ3) is 1.43. The number of carbonyl (C=O) groups is 1. The van der Waals surface area contributed by atoms with Crippen LogP contribution in [0.2, 0.25) is 0 Å². The minimum Gasteiger partial charge on any atom is -0.462 e. The summed E-state index contributed by atoms with van der Waals surface area (Å²) in [6.07, 6.45) is 1.66. The molecule has 2 spiro atoms. The Balaban J connectivity index is 1.45. The van der Waals surface area contributed by atoms with Gasteiger partial charge >= 0.3 is 5.97 Å². The lowest BCUT2D eigenvalue weighted by atomic mass is 9.39. The van der Waals surface area contributed by atoms with E-state index in [0.29, 0.717) is 31.2 Å². The second-order valence-corrected chi connectivity index (χ2v) is 11.7. The molecule has 158 valence electrons. The average molecular weight is 402 g/mol. The molecule has 3 heterocycles. The van der Waals surface area contributed by atoms with Crippen molar-refractivity contribution in [2.75, 3.05) is 6.54 Å². The first kappa shape index (κ1) is 17.7. The summed E-state index contributed by atoms with van der Waals surface area (Å²) in [7, 11) is 0. The molecule has 13 atom stereocenters. The van der Waals surface area contributed by atoms with Crippen LogP contribution in [-0.2, 0) is 9.53 Å². The lowest BCUT2D eigenvalue weighted by Gasteiger charge is -2.67. The molecule has 6 nitrogen and oxygen atoms in total. The first-order chi connectivity index (χ1) is 13.7. The fraction of sp³-hybridized carbons (Fsp3) is 0.870. The predicted molar refractivity (Wildman–Crippen MR) is 102 cm³/mol. The fourth-order valence-corrected chi connectivity index (χ4v) is 11.0. The lowest BCUT2D eigenvalue weighted by Crippen LogP contribution is -2.76. The van der Waals surface area contributed by atoms with Crippen LogP contribution < -0.4 is 0 Å². The molecule has 3 aliphatic heterocycles. The molecular formula is C23H31NO5. The number of nitrogens with zero attached hydrogens (tertiary/aromatic N) is 1. The monoisotopic (exact) mass is 401 g/mol. The third-order valence-corrected chi connectivity index (χ3v) is 10.9. The van der Waals surface area contributed by atoms with Crippen molar-refractivity contribution in [2.45, 2.75) is 81.9 Å². The number of fused-ring (bicyclic) bond motifs is 1. The van der Waals surface area contributed by atoms with E-state index in [1.165, 1.54) is 0 Å². The molecule has 29 heavy (non-hydrogen) atoms. The SMILES string of the molecule is C=C1CC23CC4C5C6(C)CC(OC(=O)CC)CC57C2C(O)C1C(O)C3(O)C7N4C6. The maximum absolute atomic E-state index is 12.3. The second kappa shape index (κ2) is 4.62. The number of ether oxygens (including phenoxy) is 1. The molecule has 0 aromatic heterocycles. The summed E-state index contributed by atoms with van der Waals surface area (Å²) in [5, 5.41) is 35.2. The van der Waals surface area contributed by atoms with E-state index in [4.69, 9.17) is 4.74 Å². The Kier molecular flexibility index (Phi) is 2.82. The Bertz CT molecular complexity index is 875. The number of hydrogen-bond acceptors (Lipinski definition) is 6. The smallest absolute Gasteiger partial charge is 0.305 e. The van der Waals surface area contributed by atoms with Gasteiger partial charge in [0.05, 0.1) is 12.2 Å². The third-order valence-electron chi connectivity index (χ3n) is 10.9. The van der Waals surface area contributed by atoms with E-state index in [0.717, 1.165) is 25.0 Å². The number of hydrogen-bond donors (Lipinski definition) is 3. The molecule has 9 bridgehead atoms. The van der Waals surface area contributed by atoms with Gasteiger partial charge in [0.2, 0.25) is 0 Å². The summed E-state index contributed by atoms with van der Waals surface area (Å²) in [6, 6.07) is 0.244. The highest BCUT2D eigenvalue weighted by Gasteiger charge is 2.94. The van der Waals surface area contributed by atoms with Gasteiger partial charge in [-0.1, -0.05) is 26.0 Å². The molecule has 9 rings (SSSR count). The molecule has 9 fully saturated rings. The van der Waals surface area contributed by atoms with E-state index in [-0.39, 0.29) is 34.9 Å². The van der Waals surface area contributed by atoms with E-state index in [9.17, 15) is 20.1 Å². The van der Waals surface area contributed by atoms with E-state index < -0.39 is 29.1 Å². The predicted octanol–water partition coefficient (Wildman–Crippen LogP) is 0.840. The van der Waals surface area contributed by atoms with E-state index >= 15 is 0 Å². The van der Waals surface area contributed by atoms with Gasteiger partial charge in [-0.05, 0) is 37.0 Å². The quantitative estimate of drug-likeness (QED) is 0.469. The van der Waals surface area contributed by atoms with Crippen LogP contribution in [0.4, 0.5) is 0 Å². The highest BCUT2D eigenvalue weighted by molar-refractivity contribution is 5.69. The molecule has 13 unspecified atom stereocenters. The maximum Gasteiger partial charge on any atom is 0.305 e. The summed E-state index contributed by atoms with van der Waals surface area (Å²) in [5.41, 5.74) is -1.07. The summed E-state index contributed by atoms with van der Waals surface area (Å²) in [6.45, 7) is 9.23. The van der Waals surface area contributed by atoms with Crippen molar-refractivity contribution < 1.29 is 24.9 Å². The van der Waals surface area contributed by atoms with E-state index in [1.807, 2.05) is 6.92 Å². The van der Waals surface area contributed by atoms with Crippen molar-refractivity contribution in [1.29, 1.82) is 0 Å². The Labute approximate surface area is 170 Å². The molecule has 3 N–H and O–H groups in total. The Morgan fingerprint density at radius 3 is 2.76 bits per heavy atom. The first-order valence-electron chi connectivity index (χ1n) is 11.4. The molecular weight excluding hydrogens is 370 g/mol. The molecule has 0 aromatic carbocycles. The topological polar surface area (TPSA) is 90.2 Å². The molecule has 0 amide bonds. The molecule has 6 heteroatoms. The number of rotatable bonds is 2. The standard InChI is InChI=1S/C23H31NO5/c1-4-13(25)29-11-6-20(3)9-24-12-8-21-5-10(2)14-15(26)17(21)22(7-11,16(12)20)19(24)23(21,28)18(14)27/h11-12,14-19,26-28H,2,4-9H2,1,3H3. The average Bonchev–Trinajstić information content (AvgIpc) is 3.05. The van der Waals surface area contributed by atoms with Crippen LogP contribution in [0.5, 0.6) is 0 Å². The van der Waals surface area contributed by atoms with Crippen LogP contribution in [0.3, 0.4) is 0 Å². The summed E-state index contributed by atoms with van der Waals surface area (Å²) in [5.74, 6) is -0.292. The second-order valence-electron chi connectivity index (χ2n) is 11.7. The van der Waals surface area contributed by atoms with Gasteiger partial charge in [-0.2, -0.15) is 0 Å². The van der Waals surface area contributed by atoms with Crippen molar-refractivity contribution in [3.8, 4) is 0 Å². The highest BCUT2D eigenvalue weighted by atomic mass is 16.5. The molecule has 6 saturated carbocycles. The number of aliphatic hydroxyl groups excluding tert-OH is 2. The van der Waals surface area contributed by atoms with Crippen molar-refractivity contribution in [3.63, 3.8) is 0 Å². The van der Waals surface area contributed by atoms with Crippen LogP contribution in [0, 0.1) is 34.0 Å². The van der Waals surface area contributed by atoms with Crippen LogP contribution >= 0.6 is 0 Å². The lowest BCUT2D eigenvalue weighted by molar-refractivity contribution is -0.280. The summed E-state index contributed by atoms with van der Waals surface area (Å²) in [4.78, 5) is 14.6. The normalized spacial score (nSPS) is 67.3. The van der Waals surface area contributed by atoms with Crippen LogP contribution in [0.25, 0.3) is 0 Å². The molecule has 6 aliphatic carbocycles. The largest absolute Gasteiger partial charge is 0.462 e. The molecule has 9 aliphatic rings. The fourth-order valence-electron chi connectivity index (χ4n) is 11.0. The Morgan fingerprint density at radius 1 is 1.28 bits per heavy atom. The number of carbonyl (C=O) groups excluding carboxylic acids is 1. The van der Waals surface area contributed by atoms with Crippen molar-refractivity contribution in [1.82, 2.24) is 4.90 Å². The van der Waals surface area contributed by atoms with E-state index in [2.05, 4.69) is 18.4 Å². The highest BCUT2D eigenvalue weighted by Crippen LogP contribution is 2.88. The maximum atomic E-state index is 12.3. The van der Waals surface area contributed by atoms with Gasteiger partial charge < -0.3 is 20.1 Å². The van der Waals surface area contributed by atoms with Gasteiger partial charge in [0.1, 0.15) is 11.7 Å². The van der Waals surface area contributed by atoms with Crippen molar-refractivity contribution in [3.05, 3.63) is 12.2 Å². The van der Waals surface area contributed by atoms with Crippen molar-refractivity contribution in [2.24, 2.45) is 34.0 Å². The van der Waals surface area contributed by atoms with Crippen LogP contribution in [-0.4, -0.2) is 68.7 Å². The Hall–Kier alpha value is -0.950. The van der Waals surface area contributed by atoms with Gasteiger partial charge in [-0.15, -0.1) is 0 Å². The summed E-state index contributed by atoms with van der Waals surface area (Å²) >= 11 is 0. The minimum absolute atomic E-state index is 0.0223. The number of esters is 1.